The zero-order valence-electron chi connectivity index (χ0n) is 13.1. The third-order valence-electron chi connectivity index (χ3n) is 4.12. The molecule has 2 heterocycles. The van der Waals surface area contributed by atoms with Crippen molar-refractivity contribution in [3.63, 3.8) is 0 Å². The second-order valence-electron chi connectivity index (χ2n) is 5.59. The summed E-state index contributed by atoms with van der Waals surface area (Å²) in [6.45, 7) is 0.586. The fraction of sp³-hybridized carbons (Fsp3) is 0.312. The van der Waals surface area contributed by atoms with E-state index in [0.29, 0.717) is 6.54 Å². The predicted molar refractivity (Wildman–Crippen MR) is 91.7 cm³/mol. The molecule has 0 bridgehead atoms. The molecule has 0 unspecified atom stereocenters. The van der Waals surface area contributed by atoms with Crippen LogP contribution >= 0.6 is 11.3 Å². The average molecular weight is 366 g/mol. The van der Waals surface area contributed by atoms with Crippen LogP contribution in [-0.2, 0) is 10.0 Å². The van der Waals surface area contributed by atoms with Crippen LogP contribution in [0.1, 0.15) is 34.1 Å². The van der Waals surface area contributed by atoms with E-state index in [4.69, 9.17) is 9.88 Å². The van der Waals surface area contributed by atoms with Gasteiger partial charge in [0.1, 0.15) is 15.5 Å². The van der Waals surface area contributed by atoms with E-state index in [9.17, 15) is 13.2 Å². The van der Waals surface area contributed by atoms with E-state index in [1.807, 2.05) is 24.3 Å². The lowest BCUT2D eigenvalue weighted by Crippen LogP contribution is -2.31. The summed E-state index contributed by atoms with van der Waals surface area (Å²) >= 11 is 1.10. The van der Waals surface area contributed by atoms with Gasteiger partial charge in [0.05, 0.1) is 13.2 Å². The monoisotopic (exact) mass is 366 g/mol. The van der Waals surface area contributed by atoms with Crippen LogP contribution in [0, 0.1) is 0 Å². The molecule has 1 fully saturated rings. The molecule has 2 N–H and O–H groups in total. The molecule has 0 radical (unpaired) electrons. The second-order valence-corrected chi connectivity index (χ2v) is 8.04. The minimum atomic E-state index is -3.91. The minimum absolute atomic E-state index is 0.0944. The third kappa shape index (κ3) is 3.17. The highest BCUT2D eigenvalue weighted by atomic mass is 32.2. The molecule has 0 spiro atoms. The van der Waals surface area contributed by atoms with Gasteiger partial charge in [0.2, 0.25) is 10.0 Å². The highest BCUT2D eigenvalue weighted by Gasteiger charge is 2.33. The number of primary sulfonamides is 1. The van der Waals surface area contributed by atoms with Gasteiger partial charge in [0.25, 0.3) is 5.91 Å². The van der Waals surface area contributed by atoms with Gasteiger partial charge in [-0.25, -0.2) is 13.6 Å². The van der Waals surface area contributed by atoms with E-state index in [1.165, 1.54) is 6.07 Å². The Morgan fingerprint density at radius 2 is 2.17 bits per heavy atom. The standard InChI is InChI=1S/C16H18N2O4S2/c1-22-12-5-2-4-11(10-12)13-6-3-8-18(13)16(19)15-14(7-9-23-15)24(17,20)21/h2,4-5,7,9-10,13H,3,6,8H2,1H3,(H2,17,20,21)/t13-/m1/s1. The van der Waals surface area contributed by atoms with Crippen molar-refractivity contribution in [3.05, 3.63) is 46.2 Å². The number of nitrogens with two attached hydrogens (primary N) is 1. The Morgan fingerprint density at radius 3 is 2.88 bits per heavy atom. The maximum absolute atomic E-state index is 12.9. The lowest BCUT2D eigenvalue weighted by molar-refractivity contribution is 0.0737. The number of nitrogens with zero attached hydrogens (tertiary/aromatic N) is 1. The molecule has 24 heavy (non-hydrogen) atoms. The summed E-state index contributed by atoms with van der Waals surface area (Å²) in [5, 5.41) is 6.79. The zero-order chi connectivity index (χ0) is 17.3. The largest absolute Gasteiger partial charge is 0.497 e. The van der Waals surface area contributed by atoms with Gasteiger partial charge in [-0.2, -0.15) is 0 Å². The molecular weight excluding hydrogens is 348 g/mol. The van der Waals surface area contributed by atoms with Gasteiger partial charge in [-0.05, 0) is 42.0 Å². The van der Waals surface area contributed by atoms with Gasteiger partial charge < -0.3 is 9.64 Å². The van der Waals surface area contributed by atoms with Gasteiger partial charge >= 0.3 is 0 Å². The molecule has 2 aromatic rings. The number of ether oxygens (including phenoxy) is 1. The van der Waals surface area contributed by atoms with Gasteiger partial charge in [-0.15, -0.1) is 11.3 Å². The van der Waals surface area contributed by atoms with Gasteiger partial charge in [-0.3, -0.25) is 4.79 Å². The topological polar surface area (TPSA) is 89.7 Å². The number of sulfonamides is 1. The molecule has 128 valence electrons. The number of benzene rings is 1. The number of hydrogen-bond donors (Lipinski definition) is 1. The van der Waals surface area contributed by atoms with E-state index < -0.39 is 10.0 Å². The van der Waals surface area contributed by atoms with Crippen molar-refractivity contribution in [2.24, 2.45) is 5.14 Å². The van der Waals surface area contributed by atoms with Crippen LogP contribution in [0.4, 0.5) is 0 Å². The van der Waals surface area contributed by atoms with Crippen molar-refractivity contribution in [3.8, 4) is 5.75 Å². The lowest BCUT2D eigenvalue weighted by Gasteiger charge is -2.25. The first-order valence-electron chi connectivity index (χ1n) is 7.47. The van der Waals surface area contributed by atoms with E-state index in [1.54, 1.807) is 17.4 Å². The molecular formula is C16H18N2O4S2. The smallest absolute Gasteiger partial charge is 0.265 e. The zero-order valence-corrected chi connectivity index (χ0v) is 14.8. The van der Waals surface area contributed by atoms with Crippen molar-refractivity contribution in [1.29, 1.82) is 0 Å². The number of methoxy groups -OCH3 is 1. The molecule has 1 aliphatic heterocycles. The number of rotatable bonds is 4. The van der Waals surface area contributed by atoms with Crippen LogP contribution in [0.25, 0.3) is 0 Å². The molecule has 0 aliphatic carbocycles. The quantitative estimate of drug-likeness (QED) is 0.899. The van der Waals surface area contributed by atoms with Crippen LogP contribution in [0.5, 0.6) is 5.75 Å². The molecule has 6 nitrogen and oxygen atoms in total. The van der Waals surface area contributed by atoms with Crippen LogP contribution < -0.4 is 9.88 Å². The average Bonchev–Trinajstić information content (AvgIpc) is 3.23. The summed E-state index contributed by atoms with van der Waals surface area (Å²) in [7, 11) is -2.32. The van der Waals surface area contributed by atoms with Gasteiger partial charge in [-0.1, -0.05) is 12.1 Å². The summed E-state index contributed by atoms with van der Waals surface area (Å²) in [4.78, 5) is 14.7. The van der Waals surface area contributed by atoms with Crippen LogP contribution in [0.2, 0.25) is 0 Å². The molecule has 1 aliphatic rings. The molecule has 1 aromatic carbocycles. The molecule has 0 saturated carbocycles. The molecule has 3 rings (SSSR count). The normalized spacial score (nSPS) is 17.9. The highest BCUT2D eigenvalue weighted by Crippen LogP contribution is 2.36. The van der Waals surface area contributed by atoms with E-state index >= 15 is 0 Å². The second kappa shape index (κ2) is 6.54. The van der Waals surface area contributed by atoms with Crippen molar-refractivity contribution in [1.82, 2.24) is 4.90 Å². The van der Waals surface area contributed by atoms with Gasteiger partial charge in [0.15, 0.2) is 0 Å². The maximum atomic E-state index is 12.9. The van der Waals surface area contributed by atoms with Crippen molar-refractivity contribution >= 4 is 27.3 Å². The lowest BCUT2D eigenvalue weighted by atomic mass is 10.0. The molecule has 1 saturated heterocycles. The predicted octanol–water partition coefficient (Wildman–Crippen LogP) is 2.38. The van der Waals surface area contributed by atoms with Crippen LogP contribution in [0.3, 0.4) is 0 Å². The molecule has 1 aromatic heterocycles. The van der Waals surface area contributed by atoms with Crippen molar-refractivity contribution in [2.45, 2.75) is 23.8 Å². The van der Waals surface area contributed by atoms with E-state index in [-0.39, 0.29) is 21.7 Å². The number of carbonyl (C=O) groups excluding carboxylic acids is 1. The first kappa shape index (κ1) is 16.9. The molecule has 1 amide bonds. The summed E-state index contributed by atoms with van der Waals surface area (Å²) in [5.41, 5.74) is 0.980. The Labute approximate surface area is 144 Å². The number of thiophene rings is 1. The first-order chi connectivity index (χ1) is 11.4. The Hall–Kier alpha value is -1.90. The first-order valence-corrected chi connectivity index (χ1v) is 9.89. The molecule has 8 heteroatoms. The number of amides is 1. The summed E-state index contributed by atoms with van der Waals surface area (Å²) in [6.07, 6.45) is 1.69. The third-order valence-corrected chi connectivity index (χ3v) is 6.11. The van der Waals surface area contributed by atoms with E-state index in [2.05, 4.69) is 0 Å². The highest BCUT2D eigenvalue weighted by molar-refractivity contribution is 7.89. The van der Waals surface area contributed by atoms with Crippen LogP contribution in [0.15, 0.2) is 40.6 Å². The Bertz CT molecular complexity index is 860. The minimum Gasteiger partial charge on any atom is -0.497 e. The SMILES string of the molecule is COc1cccc([C@H]2CCCN2C(=O)c2sccc2S(N)(=O)=O)c1. The number of likely N-dealkylation sites (tertiary alicyclic amines) is 1. The fourth-order valence-electron chi connectivity index (χ4n) is 3.01. The van der Waals surface area contributed by atoms with Crippen molar-refractivity contribution in [2.75, 3.05) is 13.7 Å². The van der Waals surface area contributed by atoms with Gasteiger partial charge in [0, 0.05) is 6.54 Å². The maximum Gasteiger partial charge on any atom is 0.265 e. The summed E-state index contributed by atoms with van der Waals surface area (Å²) in [6, 6.07) is 8.88. The van der Waals surface area contributed by atoms with E-state index in [0.717, 1.165) is 35.5 Å². The molecule has 1 atom stereocenters. The summed E-state index contributed by atoms with van der Waals surface area (Å²) in [5.74, 6) is 0.437. The Morgan fingerprint density at radius 1 is 1.38 bits per heavy atom. The van der Waals surface area contributed by atoms with Crippen LogP contribution in [-0.4, -0.2) is 32.9 Å². The Kier molecular flexibility index (Phi) is 4.62. The van der Waals surface area contributed by atoms with Crippen molar-refractivity contribution < 1.29 is 17.9 Å². The number of hydrogen-bond acceptors (Lipinski definition) is 5. The number of carbonyl (C=O) groups is 1. The Balaban J connectivity index is 1.93. The fourth-order valence-corrected chi connectivity index (χ4v) is 4.94. The summed E-state index contributed by atoms with van der Waals surface area (Å²) < 4.78 is 28.6.